The van der Waals surface area contributed by atoms with Gasteiger partial charge in [0.15, 0.2) is 5.82 Å². The van der Waals surface area contributed by atoms with Gasteiger partial charge in [0.05, 0.1) is 18.9 Å². The third kappa shape index (κ3) is 2.76. The summed E-state index contributed by atoms with van der Waals surface area (Å²) in [6.45, 7) is 3.32. The highest BCUT2D eigenvalue weighted by Gasteiger charge is 2.20. The minimum absolute atomic E-state index is 0.0642. The van der Waals surface area contributed by atoms with Crippen molar-refractivity contribution < 1.29 is 9.47 Å². The van der Waals surface area contributed by atoms with Crippen LogP contribution in [0.4, 0.5) is 0 Å². The normalized spacial score (nSPS) is 16.6. The van der Waals surface area contributed by atoms with Gasteiger partial charge in [-0.1, -0.05) is 24.9 Å². The number of fused-ring (bicyclic) bond motifs is 1. The first-order valence-electron chi connectivity index (χ1n) is 5.92. The number of methoxy groups -OCH3 is 1. The zero-order chi connectivity index (χ0) is 12.3. The number of ether oxygens (including phenoxy) is 2. The highest BCUT2D eigenvalue weighted by Crippen LogP contribution is 2.26. The summed E-state index contributed by atoms with van der Waals surface area (Å²) in [7, 11) is 1.68. The molecule has 0 saturated heterocycles. The molecular weight excluding hydrogens is 240 g/mol. The van der Waals surface area contributed by atoms with Crippen molar-refractivity contribution in [1.82, 2.24) is 9.97 Å². The lowest BCUT2D eigenvalue weighted by atomic mass is 10.1. The van der Waals surface area contributed by atoms with Gasteiger partial charge in [-0.15, -0.1) is 0 Å². The predicted molar refractivity (Wildman–Crippen MR) is 65.1 cm³/mol. The molecule has 1 aliphatic rings. The standard InChI is InChI=1S/C12H17ClN2O2/c1-3-4-10(16-2)12-14-9-5-6-17-7-8(9)11(13)15-12/h10H,3-7H2,1-2H3. The molecule has 1 atom stereocenters. The summed E-state index contributed by atoms with van der Waals surface area (Å²) in [6.07, 6.45) is 2.67. The van der Waals surface area contributed by atoms with E-state index in [1.807, 2.05) is 0 Å². The number of hydrogen-bond acceptors (Lipinski definition) is 4. The molecule has 0 spiro atoms. The number of nitrogens with zero attached hydrogens (tertiary/aromatic N) is 2. The van der Waals surface area contributed by atoms with Crippen molar-refractivity contribution in [2.45, 2.75) is 38.9 Å². The van der Waals surface area contributed by atoms with Crippen molar-refractivity contribution in [2.75, 3.05) is 13.7 Å². The van der Waals surface area contributed by atoms with E-state index in [9.17, 15) is 0 Å². The third-order valence-electron chi connectivity index (χ3n) is 2.91. The van der Waals surface area contributed by atoms with Gasteiger partial charge in [-0.2, -0.15) is 0 Å². The second kappa shape index (κ2) is 5.76. The second-order valence-electron chi connectivity index (χ2n) is 4.11. The first kappa shape index (κ1) is 12.7. The number of rotatable bonds is 4. The van der Waals surface area contributed by atoms with Gasteiger partial charge < -0.3 is 9.47 Å². The Hall–Kier alpha value is -0.710. The highest BCUT2D eigenvalue weighted by atomic mass is 35.5. The molecule has 0 amide bonds. The number of halogens is 1. The van der Waals surface area contributed by atoms with Gasteiger partial charge in [0.25, 0.3) is 0 Å². The van der Waals surface area contributed by atoms with Gasteiger partial charge in [-0.05, 0) is 6.42 Å². The lowest BCUT2D eigenvalue weighted by Gasteiger charge is -2.20. The van der Waals surface area contributed by atoms with E-state index in [4.69, 9.17) is 21.1 Å². The molecular formula is C12H17ClN2O2. The lowest BCUT2D eigenvalue weighted by molar-refractivity contribution is 0.0848. The van der Waals surface area contributed by atoms with Crippen LogP contribution in [0.25, 0.3) is 0 Å². The van der Waals surface area contributed by atoms with Gasteiger partial charge in [0, 0.05) is 19.1 Å². The molecule has 1 aliphatic heterocycles. The average molecular weight is 257 g/mol. The predicted octanol–water partition coefficient (Wildman–Crippen LogP) is 2.69. The smallest absolute Gasteiger partial charge is 0.159 e. The van der Waals surface area contributed by atoms with E-state index in [0.717, 1.165) is 30.5 Å². The zero-order valence-corrected chi connectivity index (χ0v) is 11.0. The van der Waals surface area contributed by atoms with Crippen LogP contribution in [0.15, 0.2) is 0 Å². The Labute approximate surface area is 106 Å². The Balaban J connectivity index is 2.32. The summed E-state index contributed by atoms with van der Waals surface area (Å²) in [5.41, 5.74) is 1.93. The Kier molecular flexibility index (Phi) is 4.31. The van der Waals surface area contributed by atoms with Crippen LogP contribution in [-0.4, -0.2) is 23.7 Å². The van der Waals surface area contributed by atoms with E-state index >= 15 is 0 Å². The molecule has 0 N–H and O–H groups in total. The minimum atomic E-state index is -0.0642. The van der Waals surface area contributed by atoms with Gasteiger partial charge in [-0.25, -0.2) is 9.97 Å². The minimum Gasteiger partial charge on any atom is -0.376 e. The van der Waals surface area contributed by atoms with Crippen LogP contribution in [-0.2, 0) is 22.5 Å². The summed E-state index contributed by atoms with van der Waals surface area (Å²) in [5.74, 6) is 0.694. The van der Waals surface area contributed by atoms with E-state index in [-0.39, 0.29) is 6.10 Å². The molecule has 0 fully saturated rings. The maximum absolute atomic E-state index is 6.16. The molecule has 0 radical (unpaired) electrons. The van der Waals surface area contributed by atoms with Gasteiger partial charge in [-0.3, -0.25) is 0 Å². The van der Waals surface area contributed by atoms with Gasteiger partial charge in [0.1, 0.15) is 11.3 Å². The highest BCUT2D eigenvalue weighted by molar-refractivity contribution is 6.30. The van der Waals surface area contributed by atoms with E-state index in [2.05, 4.69) is 16.9 Å². The fraction of sp³-hybridized carbons (Fsp3) is 0.667. The lowest BCUT2D eigenvalue weighted by Crippen LogP contribution is -2.17. The molecule has 2 heterocycles. The van der Waals surface area contributed by atoms with E-state index in [1.54, 1.807) is 7.11 Å². The monoisotopic (exact) mass is 256 g/mol. The van der Waals surface area contributed by atoms with Crippen molar-refractivity contribution in [2.24, 2.45) is 0 Å². The van der Waals surface area contributed by atoms with Crippen molar-refractivity contribution in [3.8, 4) is 0 Å². The molecule has 0 aliphatic carbocycles. The quantitative estimate of drug-likeness (QED) is 0.777. The molecule has 1 aromatic rings. The first-order chi connectivity index (χ1) is 8.26. The molecule has 0 saturated carbocycles. The summed E-state index contributed by atoms with van der Waals surface area (Å²) >= 11 is 6.16. The van der Waals surface area contributed by atoms with Crippen LogP contribution in [0, 0.1) is 0 Å². The molecule has 5 heteroatoms. The van der Waals surface area contributed by atoms with Crippen molar-refractivity contribution in [3.63, 3.8) is 0 Å². The molecule has 0 aromatic carbocycles. The summed E-state index contributed by atoms with van der Waals surface area (Å²) in [6, 6.07) is 0. The van der Waals surface area contributed by atoms with Crippen LogP contribution in [0.3, 0.4) is 0 Å². The van der Waals surface area contributed by atoms with Crippen molar-refractivity contribution in [1.29, 1.82) is 0 Å². The van der Waals surface area contributed by atoms with Crippen LogP contribution < -0.4 is 0 Å². The maximum atomic E-state index is 6.16. The van der Waals surface area contributed by atoms with Crippen LogP contribution in [0.5, 0.6) is 0 Å². The topological polar surface area (TPSA) is 44.2 Å². The van der Waals surface area contributed by atoms with Crippen molar-refractivity contribution >= 4 is 11.6 Å². The number of aromatic nitrogens is 2. The Morgan fingerprint density at radius 2 is 2.29 bits per heavy atom. The van der Waals surface area contributed by atoms with Gasteiger partial charge >= 0.3 is 0 Å². The maximum Gasteiger partial charge on any atom is 0.159 e. The summed E-state index contributed by atoms with van der Waals surface area (Å²) in [4.78, 5) is 8.89. The van der Waals surface area contributed by atoms with Gasteiger partial charge in [0.2, 0.25) is 0 Å². The molecule has 2 rings (SSSR count). The van der Waals surface area contributed by atoms with Crippen molar-refractivity contribution in [3.05, 3.63) is 22.2 Å². The molecule has 4 nitrogen and oxygen atoms in total. The van der Waals surface area contributed by atoms with Crippen LogP contribution >= 0.6 is 11.6 Å². The summed E-state index contributed by atoms with van der Waals surface area (Å²) in [5, 5.41) is 0.503. The fourth-order valence-electron chi connectivity index (χ4n) is 1.97. The van der Waals surface area contributed by atoms with Crippen LogP contribution in [0.1, 0.15) is 43.0 Å². The Bertz CT molecular complexity index is 398. The Morgan fingerprint density at radius 1 is 1.47 bits per heavy atom. The van der Waals surface area contributed by atoms with E-state index in [1.165, 1.54) is 0 Å². The average Bonchev–Trinajstić information content (AvgIpc) is 2.36. The first-order valence-corrected chi connectivity index (χ1v) is 6.29. The molecule has 0 bridgehead atoms. The Morgan fingerprint density at radius 3 is 3.00 bits per heavy atom. The van der Waals surface area contributed by atoms with E-state index < -0.39 is 0 Å². The largest absolute Gasteiger partial charge is 0.376 e. The molecule has 1 unspecified atom stereocenters. The third-order valence-corrected chi connectivity index (χ3v) is 3.23. The van der Waals surface area contributed by atoms with E-state index in [0.29, 0.717) is 24.2 Å². The zero-order valence-electron chi connectivity index (χ0n) is 10.2. The number of hydrogen-bond donors (Lipinski definition) is 0. The second-order valence-corrected chi connectivity index (χ2v) is 4.47. The summed E-state index contributed by atoms with van der Waals surface area (Å²) < 4.78 is 10.8. The van der Waals surface area contributed by atoms with Crippen LogP contribution in [0.2, 0.25) is 5.15 Å². The fourth-order valence-corrected chi connectivity index (χ4v) is 2.22. The molecule has 94 valence electrons. The molecule has 17 heavy (non-hydrogen) atoms. The molecule has 1 aromatic heterocycles. The SMILES string of the molecule is CCCC(OC)c1nc(Cl)c2c(n1)CCOC2.